The molecule has 3 heterocycles. The first kappa shape index (κ1) is 25.3. The minimum absolute atomic E-state index is 0. The van der Waals surface area contributed by atoms with E-state index in [4.69, 9.17) is 8.53 Å². The van der Waals surface area contributed by atoms with Gasteiger partial charge in [0.2, 0.25) is 0 Å². The van der Waals surface area contributed by atoms with E-state index >= 15 is 0 Å². The van der Waals surface area contributed by atoms with Gasteiger partial charge in [0.05, 0.1) is 5.58 Å². The van der Waals surface area contributed by atoms with Gasteiger partial charge < -0.3 is 14.4 Å². The molecule has 3 aromatic heterocycles. The van der Waals surface area contributed by atoms with Crippen molar-refractivity contribution < 1.29 is 28.6 Å². The molecular formula is C38H30IrN2O-2. The fourth-order valence-corrected chi connectivity index (χ4v) is 4.66. The third-order valence-corrected chi connectivity index (χ3v) is 6.74. The standard InChI is InChI=1S/C20H16NO.C18H14N.Ir/c1-13(2)14-10-11-21-18(12-14)17-8-5-7-16-15-6-3-4-9-19(15)22-20(16)17;1-3-7-15(8-4-1)13-16-11-12-19-18(14-16)17-9-5-2-6-10-17;/h3-7,9-13H,1-2H3;1-9,11-12,14H,13H2;/q2*-1;/i13D;13D2;. The molecule has 0 atom stereocenters. The molecule has 0 spiro atoms. The van der Waals surface area contributed by atoms with E-state index in [2.05, 4.69) is 28.2 Å². The SMILES string of the molecule is [2H]C(C)(C)c1ccnc(-c2[c-]ccc3c2oc2ccccc23)c1.[2H]C([2H])(c1ccccc1)c1ccnc(-c2[c-]cccc2)c1.[Ir]. The second-order valence-electron chi connectivity index (χ2n) is 9.82. The van der Waals surface area contributed by atoms with Crippen LogP contribution in [0.4, 0.5) is 0 Å². The maximum Gasteiger partial charge on any atom is 0.120 e. The summed E-state index contributed by atoms with van der Waals surface area (Å²) in [6.45, 7) is 3.75. The maximum atomic E-state index is 8.40. The van der Waals surface area contributed by atoms with Gasteiger partial charge in [0, 0.05) is 42.0 Å². The molecule has 0 saturated carbocycles. The smallest absolute Gasteiger partial charge is 0.120 e. The van der Waals surface area contributed by atoms with E-state index in [0.717, 1.165) is 50.0 Å². The minimum Gasteiger partial charge on any atom is -0.501 e. The van der Waals surface area contributed by atoms with Crippen LogP contribution in [0.5, 0.6) is 0 Å². The number of para-hydroxylation sites is 1. The molecule has 0 fully saturated rings. The summed E-state index contributed by atoms with van der Waals surface area (Å²) >= 11 is 0. The fraction of sp³-hybridized carbons (Fsp3) is 0.105. The number of fused-ring (bicyclic) bond motifs is 3. The Morgan fingerprint density at radius 2 is 1.50 bits per heavy atom. The van der Waals surface area contributed by atoms with Crippen LogP contribution in [0, 0.1) is 12.1 Å². The molecular weight excluding hydrogens is 693 g/mol. The predicted molar refractivity (Wildman–Crippen MR) is 168 cm³/mol. The summed E-state index contributed by atoms with van der Waals surface area (Å²) < 4.78 is 31.1. The molecule has 0 saturated heterocycles. The molecule has 0 unspecified atom stereocenters. The van der Waals surface area contributed by atoms with Crippen LogP contribution in [-0.2, 0) is 26.5 Å². The molecule has 42 heavy (non-hydrogen) atoms. The predicted octanol–water partition coefficient (Wildman–Crippen LogP) is 9.71. The monoisotopic (exact) mass is 726 g/mol. The van der Waals surface area contributed by atoms with Crippen molar-refractivity contribution >= 4 is 21.9 Å². The Balaban J connectivity index is 0.000000175. The van der Waals surface area contributed by atoms with Crippen molar-refractivity contribution in [3.8, 4) is 22.5 Å². The van der Waals surface area contributed by atoms with Crippen molar-refractivity contribution in [2.45, 2.75) is 26.1 Å². The van der Waals surface area contributed by atoms with Crippen molar-refractivity contribution in [2.75, 3.05) is 0 Å². The number of hydrogen-bond donors (Lipinski definition) is 0. The fourth-order valence-electron chi connectivity index (χ4n) is 4.66. The van der Waals surface area contributed by atoms with Crippen molar-refractivity contribution in [1.82, 2.24) is 9.97 Å². The van der Waals surface area contributed by atoms with Crippen LogP contribution in [0.2, 0.25) is 0 Å². The zero-order valence-electron chi connectivity index (χ0n) is 26.3. The molecule has 0 aliphatic heterocycles. The third-order valence-electron chi connectivity index (χ3n) is 6.74. The number of hydrogen-bond acceptors (Lipinski definition) is 3. The number of pyridine rings is 2. The van der Waals surface area contributed by atoms with Gasteiger partial charge in [-0.25, -0.2) is 0 Å². The Bertz CT molecular complexity index is 2040. The Labute approximate surface area is 264 Å². The molecule has 4 aromatic carbocycles. The van der Waals surface area contributed by atoms with Gasteiger partial charge in [-0.1, -0.05) is 91.0 Å². The van der Waals surface area contributed by atoms with E-state index in [-0.39, 0.29) is 20.1 Å². The van der Waals surface area contributed by atoms with Crippen molar-refractivity contribution in [1.29, 1.82) is 0 Å². The van der Waals surface area contributed by atoms with Crippen LogP contribution in [0.25, 0.3) is 44.5 Å². The maximum absolute atomic E-state index is 8.40. The summed E-state index contributed by atoms with van der Waals surface area (Å²) in [6, 6.07) is 42.4. The Morgan fingerprint density at radius 1 is 0.738 bits per heavy atom. The molecule has 0 amide bonds. The first-order valence-electron chi connectivity index (χ1n) is 15.0. The van der Waals surface area contributed by atoms with Crippen LogP contribution in [0.3, 0.4) is 0 Å². The molecule has 0 N–H and O–H groups in total. The van der Waals surface area contributed by atoms with Crippen molar-refractivity contribution in [2.24, 2.45) is 0 Å². The summed E-state index contributed by atoms with van der Waals surface area (Å²) in [5.41, 5.74) is 7.02. The van der Waals surface area contributed by atoms with Gasteiger partial charge in [-0.2, -0.15) is 0 Å². The van der Waals surface area contributed by atoms with Gasteiger partial charge in [0.15, 0.2) is 0 Å². The van der Waals surface area contributed by atoms with Gasteiger partial charge in [-0.15, -0.1) is 54.1 Å². The average molecular weight is 726 g/mol. The Morgan fingerprint density at radius 3 is 2.31 bits per heavy atom. The second-order valence-corrected chi connectivity index (χ2v) is 9.82. The number of nitrogens with zero attached hydrogens (tertiary/aromatic N) is 2. The summed E-state index contributed by atoms with van der Waals surface area (Å²) in [6.07, 6.45) is 1.84. The normalized spacial score (nSPS) is 12.4. The van der Waals surface area contributed by atoms with E-state index in [1.807, 2.05) is 98.8 Å². The summed E-state index contributed by atoms with van der Waals surface area (Å²) in [4.78, 5) is 8.79. The zero-order valence-corrected chi connectivity index (χ0v) is 25.7. The van der Waals surface area contributed by atoms with Crippen LogP contribution in [0.1, 0.15) is 40.5 Å². The molecule has 3 nitrogen and oxygen atoms in total. The topological polar surface area (TPSA) is 38.9 Å². The summed E-state index contributed by atoms with van der Waals surface area (Å²) in [7, 11) is 0. The first-order chi connectivity index (χ1) is 21.2. The number of rotatable bonds is 5. The van der Waals surface area contributed by atoms with E-state index < -0.39 is 12.3 Å². The Hall–Kier alpha value is -4.37. The van der Waals surface area contributed by atoms with E-state index in [1.54, 1.807) is 36.7 Å². The van der Waals surface area contributed by atoms with Gasteiger partial charge in [0.1, 0.15) is 5.58 Å². The molecule has 0 aliphatic rings. The number of aromatic nitrogens is 2. The molecule has 0 bridgehead atoms. The largest absolute Gasteiger partial charge is 0.501 e. The van der Waals surface area contributed by atoms with Crippen LogP contribution < -0.4 is 0 Å². The molecule has 7 aromatic rings. The van der Waals surface area contributed by atoms with Crippen LogP contribution in [-0.4, -0.2) is 9.97 Å². The second kappa shape index (κ2) is 13.5. The van der Waals surface area contributed by atoms with Gasteiger partial charge >= 0.3 is 0 Å². The van der Waals surface area contributed by atoms with E-state index in [0.29, 0.717) is 11.1 Å². The minimum atomic E-state index is -1.55. The summed E-state index contributed by atoms with van der Waals surface area (Å²) in [5, 5.41) is 2.15. The molecule has 0 aliphatic carbocycles. The van der Waals surface area contributed by atoms with Crippen molar-refractivity contribution in [3.63, 3.8) is 0 Å². The van der Waals surface area contributed by atoms with Crippen molar-refractivity contribution in [3.05, 3.63) is 156 Å². The quantitative estimate of drug-likeness (QED) is 0.166. The molecule has 4 heteroatoms. The Kier molecular flexibility index (Phi) is 8.16. The number of furan rings is 1. The summed E-state index contributed by atoms with van der Waals surface area (Å²) in [5.74, 6) is -0.667. The van der Waals surface area contributed by atoms with Gasteiger partial charge in [-0.3, -0.25) is 0 Å². The van der Waals surface area contributed by atoms with Gasteiger partial charge in [-0.05, 0) is 53.0 Å². The zero-order chi connectivity index (χ0) is 30.7. The van der Waals surface area contributed by atoms with E-state index in [1.165, 1.54) is 0 Å². The first-order valence-corrected chi connectivity index (χ1v) is 13.5. The third kappa shape index (κ3) is 6.57. The van der Waals surface area contributed by atoms with Crippen LogP contribution >= 0.6 is 0 Å². The van der Waals surface area contributed by atoms with E-state index in [9.17, 15) is 0 Å². The van der Waals surface area contributed by atoms with Gasteiger partial charge in [0.25, 0.3) is 0 Å². The molecule has 209 valence electrons. The number of benzene rings is 4. The molecule has 1 radical (unpaired) electrons. The van der Waals surface area contributed by atoms with Crippen LogP contribution in [0.15, 0.2) is 132 Å². The molecule has 7 rings (SSSR count). The average Bonchev–Trinajstić information content (AvgIpc) is 3.45.